The number of unbranched alkanes of at least 4 members (excludes halogenated alkanes) is 5. The van der Waals surface area contributed by atoms with Crippen LogP contribution in [0.4, 0.5) is 0 Å². The van der Waals surface area contributed by atoms with E-state index in [2.05, 4.69) is 44.9 Å². The Morgan fingerprint density at radius 2 is 0.971 bits per heavy atom. The van der Waals surface area contributed by atoms with Gasteiger partial charge in [-0.1, -0.05) is 25.7 Å². The molecule has 0 fully saturated rings. The Hall–Kier alpha value is -3.02. The first-order chi connectivity index (χ1) is 16.9. The maximum absolute atomic E-state index is 5.90. The lowest BCUT2D eigenvalue weighted by Crippen LogP contribution is -2.30. The fourth-order valence-electron chi connectivity index (χ4n) is 4.16. The van der Waals surface area contributed by atoms with Crippen LogP contribution in [0.15, 0.2) is 58.5 Å². The molecule has 182 valence electrons. The Balaban J connectivity index is 1.00. The van der Waals surface area contributed by atoms with E-state index in [0.717, 1.165) is 99.4 Å². The van der Waals surface area contributed by atoms with Crippen molar-refractivity contribution in [2.75, 3.05) is 39.4 Å². The lowest BCUT2D eigenvalue weighted by molar-refractivity contribution is 0.297. The van der Waals surface area contributed by atoms with Gasteiger partial charge < -0.3 is 20.1 Å². The summed E-state index contributed by atoms with van der Waals surface area (Å²) in [6.07, 6.45) is 9.33. The molecule has 0 spiro atoms. The minimum absolute atomic E-state index is 0.777. The van der Waals surface area contributed by atoms with E-state index in [1.165, 1.54) is 25.7 Å². The maximum atomic E-state index is 5.90. The average Bonchev–Trinajstić information content (AvgIpc) is 2.91. The van der Waals surface area contributed by atoms with Crippen LogP contribution >= 0.6 is 0 Å². The van der Waals surface area contributed by atoms with Gasteiger partial charge in [0.1, 0.15) is 23.2 Å². The van der Waals surface area contributed by atoms with Crippen LogP contribution in [0.5, 0.6) is 11.5 Å². The highest BCUT2D eigenvalue weighted by Gasteiger charge is 2.08. The Morgan fingerprint density at radius 3 is 1.35 bits per heavy atom. The molecule has 0 unspecified atom stereocenters. The molecule has 0 radical (unpaired) electrons. The molecule has 4 rings (SSSR count). The molecule has 2 aromatic rings. The lowest BCUT2D eigenvalue weighted by Gasteiger charge is -2.15. The molecule has 2 heterocycles. The second-order valence-electron chi connectivity index (χ2n) is 8.89. The van der Waals surface area contributed by atoms with Gasteiger partial charge in [-0.2, -0.15) is 0 Å². The van der Waals surface area contributed by atoms with E-state index in [0.29, 0.717) is 0 Å². The summed E-state index contributed by atoms with van der Waals surface area (Å²) in [6.45, 7) is 5.39. The fourth-order valence-corrected chi connectivity index (χ4v) is 4.16. The number of hydrogen-bond donors (Lipinski definition) is 2. The smallest absolute Gasteiger partial charge is 0.128 e. The van der Waals surface area contributed by atoms with Crippen LogP contribution < -0.4 is 20.1 Å². The number of aliphatic imine (C=N–C) groups is 2. The first-order valence-corrected chi connectivity index (χ1v) is 12.9. The zero-order valence-corrected chi connectivity index (χ0v) is 20.2. The summed E-state index contributed by atoms with van der Waals surface area (Å²) >= 11 is 0. The number of nitrogens with zero attached hydrogens (tertiary/aromatic N) is 2. The third-order valence-corrected chi connectivity index (χ3v) is 6.13. The standard InChI is InChI=1S/C28H38N4O2/c1(3-5-21-33-25-13-9-23(10-14-25)27-29-17-7-18-30-27)2-4-6-22-34-26-15-11-24(12-16-26)28-31-19-8-20-32-28/h9-16H,1-8,17-22H2,(H,29,30)(H,31,32). The van der Waals surface area contributed by atoms with Gasteiger partial charge in [0.15, 0.2) is 0 Å². The van der Waals surface area contributed by atoms with Crippen LogP contribution in [0.25, 0.3) is 0 Å². The van der Waals surface area contributed by atoms with E-state index in [1.54, 1.807) is 0 Å². The van der Waals surface area contributed by atoms with Gasteiger partial charge in [-0.25, -0.2) is 0 Å². The summed E-state index contributed by atoms with van der Waals surface area (Å²) in [6, 6.07) is 16.5. The average molecular weight is 463 g/mol. The Morgan fingerprint density at radius 1 is 0.559 bits per heavy atom. The van der Waals surface area contributed by atoms with Crippen molar-refractivity contribution >= 4 is 11.7 Å². The van der Waals surface area contributed by atoms with Crippen molar-refractivity contribution in [3.05, 3.63) is 59.7 Å². The highest BCUT2D eigenvalue weighted by atomic mass is 16.5. The molecule has 2 aliphatic heterocycles. The number of nitrogens with one attached hydrogen (secondary N) is 2. The van der Waals surface area contributed by atoms with Gasteiger partial charge >= 0.3 is 0 Å². The minimum atomic E-state index is 0.777. The molecule has 0 amide bonds. The normalized spacial score (nSPS) is 15.5. The molecule has 0 saturated heterocycles. The maximum Gasteiger partial charge on any atom is 0.128 e. The first-order valence-electron chi connectivity index (χ1n) is 12.9. The monoisotopic (exact) mass is 462 g/mol. The number of ether oxygens (including phenoxy) is 2. The molecule has 0 atom stereocenters. The zero-order valence-electron chi connectivity index (χ0n) is 20.2. The number of hydrogen-bond acceptors (Lipinski definition) is 6. The summed E-state index contributed by atoms with van der Waals surface area (Å²) in [4.78, 5) is 9.07. The summed E-state index contributed by atoms with van der Waals surface area (Å²) in [5.74, 6) is 3.88. The van der Waals surface area contributed by atoms with Crippen LogP contribution in [0.3, 0.4) is 0 Å². The van der Waals surface area contributed by atoms with E-state index in [-0.39, 0.29) is 0 Å². The van der Waals surface area contributed by atoms with Crippen molar-refractivity contribution < 1.29 is 9.47 Å². The third-order valence-electron chi connectivity index (χ3n) is 6.13. The predicted molar refractivity (Wildman–Crippen MR) is 140 cm³/mol. The van der Waals surface area contributed by atoms with E-state index in [4.69, 9.17) is 9.47 Å². The van der Waals surface area contributed by atoms with Crippen molar-refractivity contribution in [2.45, 2.75) is 51.4 Å². The molecule has 6 nitrogen and oxygen atoms in total. The van der Waals surface area contributed by atoms with Crippen molar-refractivity contribution in [1.29, 1.82) is 0 Å². The van der Waals surface area contributed by atoms with E-state index in [9.17, 15) is 0 Å². The van der Waals surface area contributed by atoms with Gasteiger partial charge in [0.25, 0.3) is 0 Å². The second-order valence-corrected chi connectivity index (χ2v) is 8.89. The molecule has 2 aromatic carbocycles. The molecule has 0 bridgehead atoms. The minimum Gasteiger partial charge on any atom is -0.494 e. The van der Waals surface area contributed by atoms with Gasteiger partial charge in [0.2, 0.25) is 0 Å². The molecule has 6 heteroatoms. The van der Waals surface area contributed by atoms with Gasteiger partial charge in [-0.3, -0.25) is 9.98 Å². The highest BCUT2D eigenvalue weighted by Crippen LogP contribution is 2.16. The Bertz CT molecular complexity index is 845. The summed E-state index contributed by atoms with van der Waals surface area (Å²) < 4.78 is 11.8. The first kappa shape index (κ1) is 24.1. The van der Waals surface area contributed by atoms with Crippen LogP contribution in [0, 0.1) is 0 Å². The molecule has 34 heavy (non-hydrogen) atoms. The SMILES string of the molecule is c1cc(C2=NCCCN2)ccc1OCCCCCCCCOc1ccc(C2=NCCCN2)cc1. The Kier molecular flexibility index (Phi) is 9.67. The van der Waals surface area contributed by atoms with Crippen molar-refractivity contribution in [2.24, 2.45) is 9.98 Å². The van der Waals surface area contributed by atoms with E-state index < -0.39 is 0 Å². The van der Waals surface area contributed by atoms with Crippen molar-refractivity contribution in [3.8, 4) is 11.5 Å². The Labute approximate surface area is 203 Å². The topological polar surface area (TPSA) is 67.2 Å². The third kappa shape index (κ3) is 7.79. The molecule has 2 N–H and O–H groups in total. The van der Waals surface area contributed by atoms with Crippen molar-refractivity contribution in [3.63, 3.8) is 0 Å². The van der Waals surface area contributed by atoms with Gasteiger partial charge in [0.05, 0.1) is 13.2 Å². The molecule has 0 aromatic heterocycles. The number of rotatable bonds is 13. The van der Waals surface area contributed by atoms with Gasteiger partial charge in [0, 0.05) is 37.3 Å². The van der Waals surface area contributed by atoms with Crippen LogP contribution in [-0.4, -0.2) is 51.1 Å². The molecular weight excluding hydrogens is 424 g/mol. The van der Waals surface area contributed by atoms with Crippen LogP contribution in [0.1, 0.15) is 62.5 Å². The van der Waals surface area contributed by atoms with E-state index >= 15 is 0 Å². The lowest BCUT2D eigenvalue weighted by atomic mass is 10.1. The summed E-state index contributed by atoms with van der Waals surface area (Å²) in [5, 5.41) is 6.71. The summed E-state index contributed by atoms with van der Waals surface area (Å²) in [7, 11) is 0. The largest absolute Gasteiger partial charge is 0.494 e. The van der Waals surface area contributed by atoms with Gasteiger partial charge in [-0.15, -0.1) is 0 Å². The molecular formula is C28H38N4O2. The zero-order chi connectivity index (χ0) is 23.3. The van der Waals surface area contributed by atoms with Gasteiger partial charge in [-0.05, 0) is 74.2 Å². The quantitative estimate of drug-likeness (QED) is 0.413. The van der Waals surface area contributed by atoms with Crippen LogP contribution in [-0.2, 0) is 0 Å². The molecule has 0 aliphatic carbocycles. The molecule has 0 saturated carbocycles. The second kappa shape index (κ2) is 13.6. The van der Waals surface area contributed by atoms with Crippen LogP contribution in [0.2, 0.25) is 0 Å². The van der Waals surface area contributed by atoms with Crippen molar-refractivity contribution in [1.82, 2.24) is 10.6 Å². The van der Waals surface area contributed by atoms with E-state index in [1.807, 2.05) is 24.3 Å². The predicted octanol–water partition coefficient (Wildman–Crippen LogP) is 4.96. The summed E-state index contributed by atoms with van der Waals surface area (Å²) in [5.41, 5.74) is 2.28. The fraction of sp³-hybridized carbons (Fsp3) is 0.500. The number of amidine groups is 2. The number of benzene rings is 2. The highest BCUT2D eigenvalue weighted by molar-refractivity contribution is 5.99. The molecule has 2 aliphatic rings.